The van der Waals surface area contributed by atoms with Crippen molar-refractivity contribution in [1.82, 2.24) is 10.6 Å². The lowest BCUT2D eigenvalue weighted by atomic mass is 10.2. The predicted molar refractivity (Wildman–Crippen MR) is 66.3 cm³/mol. The molecule has 0 fully saturated rings. The molecule has 16 heavy (non-hydrogen) atoms. The lowest BCUT2D eigenvalue weighted by Crippen LogP contribution is -2.40. The Morgan fingerprint density at radius 3 is 2.44 bits per heavy atom. The van der Waals surface area contributed by atoms with Crippen LogP contribution in [0.25, 0.3) is 0 Å². The molecule has 1 unspecified atom stereocenters. The van der Waals surface area contributed by atoms with Gasteiger partial charge in [-0.05, 0) is 39.2 Å². The summed E-state index contributed by atoms with van der Waals surface area (Å²) in [6, 6.07) is 0.298. The molecule has 0 aromatic rings. The van der Waals surface area contributed by atoms with Gasteiger partial charge < -0.3 is 15.7 Å². The molecule has 1 atom stereocenters. The van der Waals surface area contributed by atoms with Crippen LogP contribution in [-0.2, 0) is 4.79 Å². The van der Waals surface area contributed by atoms with Gasteiger partial charge in [-0.25, -0.2) is 0 Å². The van der Waals surface area contributed by atoms with Crippen LogP contribution in [0.2, 0.25) is 0 Å². The Hall–Kier alpha value is -0.610. The number of nitrogens with one attached hydrogen (secondary N) is 2. The third-order valence-electron chi connectivity index (χ3n) is 2.61. The van der Waals surface area contributed by atoms with E-state index in [1.165, 1.54) is 0 Å². The van der Waals surface area contributed by atoms with Crippen molar-refractivity contribution in [3.8, 4) is 0 Å². The van der Waals surface area contributed by atoms with Crippen LogP contribution >= 0.6 is 0 Å². The second-order valence-electron chi connectivity index (χ2n) is 4.25. The normalized spacial score (nSPS) is 12.8. The Balaban J connectivity index is 3.43. The predicted octanol–water partition coefficient (Wildman–Crippen LogP) is 1.04. The van der Waals surface area contributed by atoms with Gasteiger partial charge in [0.05, 0.1) is 12.6 Å². The maximum atomic E-state index is 11.4. The summed E-state index contributed by atoms with van der Waals surface area (Å²) in [6.07, 6.45) is 3.38. The zero-order valence-corrected chi connectivity index (χ0v) is 10.8. The number of amides is 1. The maximum Gasteiger partial charge on any atom is 0.234 e. The molecule has 0 aliphatic carbocycles. The molecule has 0 aliphatic heterocycles. The van der Waals surface area contributed by atoms with Crippen molar-refractivity contribution in [3.05, 3.63) is 0 Å². The van der Waals surface area contributed by atoms with Crippen LogP contribution in [0.1, 0.15) is 46.5 Å². The molecule has 0 heterocycles. The SMILES string of the molecule is CCC(CC)NC(=O)CNCCCC(C)O. The van der Waals surface area contributed by atoms with Gasteiger partial charge >= 0.3 is 0 Å². The average molecular weight is 230 g/mol. The van der Waals surface area contributed by atoms with E-state index in [0.29, 0.717) is 12.6 Å². The van der Waals surface area contributed by atoms with Crippen LogP contribution in [0, 0.1) is 0 Å². The Kier molecular flexibility index (Phi) is 9.24. The van der Waals surface area contributed by atoms with E-state index >= 15 is 0 Å². The smallest absolute Gasteiger partial charge is 0.234 e. The average Bonchev–Trinajstić information content (AvgIpc) is 2.25. The van der Waals surface area contributed by atoms with Crippen LogP contribution in [-0.4, -0.2) is 36.2 Å². The van der Waals surface area contributed by atoms with E-state index in [0.717, 1.165) is 32.2 Å². The number of hydrogen-bond donors (Lipinski definition) is 3. The summed E-state index contributed by atoms with van der Waals surface area (Å²) in [5.74, 6) is 0.0609. The van der Waals surface area contributed by atoms with E-state index in [1.807, 2.05) is 0 Å². The molecule has 0 saturated heterocycles. The largest absolute Gasteiger partial charge is 0.393 e. The van der Waals surface area contributed by atoms with Gasteiger partial charge in [0.25, 0.3) is 0 Å². The molecule has 0 spiro atoms. The first-order chi connectivity index (χ1) is 7.60. The van der Waals surface area contributed by atoms with E-state index < -0.39 is 0 Å². The Morgan fingerprint density at radius 2 is 1.94 bits per heavy atom. The van der Waals surface area contributed by atoms with Gasteiger partial charge in [0, 0.05) is 6.04 Å². The van der Waals surface area contributed by atoms with Crippen molar-refractivity contribution in [2.24, 2.45) is 0 Å². The molecule has 4 heteroatoms. The fraction of sp³-hybridized carbons (Fsp3) is 0.917. The minimum absolute atomic E-state index is 0.0609. The standard InChI is InChI=1S/C12H26N2O2/c1-4-11(5-2)14-12(16)9-13-8-6-7-10(3)15/h10-11,13,15H,4-9H2,1-3H3,(H,14,16). The van der Waals surface area contributed by atoms with Gasteiger partial charge in [-0.2, -0.15) is 0 Å². The van der Waals surface area contributed by atoms with Crippen LogP contribution < -0.4 is 10.6 Å². The third kappa shape index (κ3) is 8.68. The lowest BCUT2D eigenvalue weighted by molar-refractivity contribution is -0.121. The van der Waals surface area contributed by atoms with E-state index in [2.05, 4.69) is 24.5 Å². The van der Waals surface area contributed by atoms with Crippen LogP contribution in [0.5, 0.6) is 0 Å². The van der Waals surface area contributed by atoms with Crippen molar-refractivity contribution in [2.45, 2.75) is 58.6 Å². The number of hydrogen-bond acceptors (Lipinski definition) is 3. The van der Waals surface area contributed by atoms with E-state index in [9.17, 15) is 4.79 Å². The molecule has 0 bridgehead atoms. The first kappa shape index (κ1) is 15.4. The van der Waals surface area contributed by atoms with Gasteiger partial charge in [-0.3, -0.25) is 4.79 Å². The van der Waals surface area contributed by atoms with Gasteiger partial charge in [-0.1, -0.05) is 13.8 Å². The molecule has 0 aromatic heterocycles. The van der Waals surface area contributed by atoms with Gasteiger partial charge in [0.1, 0.15) is 0 Å². The molecule has 4 nitrogen and oxygen atoms in total. The van der Waals surface area contributed by atoms with Crippen molar-refractivity contribution in [1.29, 1.82) is 0 Å². The number of carbonyl (C=O) groups excluding carboxylic acids is 1. The molecule has 96 valence electrons. The van der Waals surface area contributed by atoms with Crippen molar-refractivity contribution in [3.63, 3.8) is 0 Å². The molecule has 0 aromatic carbocycles. The highest BCUT2D eigenvalue weighted by Gasteiger charge is 2.07. The molecule has 0 radical (unpaired) electrons. The summed E-state index contributed by atoms with van der Waals surface area (Å²) in [6.45, 7) is 7.08. The maximum absolute atomic E-state index is 11.4. The second kappa shape index (κ2) is 9.60. The van der Waals surface area contributed by atoms with Crippen LogP contribution in [0.4, 0.5) is 0 Å². The Bertz CT molecular complexity index is 180. The van der Waals surface area contributed by atoms with Crippen molar-refractivity contribution in [2.75, 3.05) is 13.1 Å². The molecular weight excluding hydrogens is 204 g/mol. The highest BCUT2D eigenvalue weighted by atomic mass is 16.3. The summed E-state index contributed by atoms with van der Waals surface area (Å²) < 4.78 is 0. The molecular formula is C12H26N2O2. The zero-order valence-electron chi connectivity index (χ0n) is 10.8. The summed E-state index contributed by atoms with van der Waals surface area (Å²) in [7, 11) is 0. The number of aliphatic hydroxyl groups excluding tert-OH is 1. The number of carbonyl (C=O) groups is 1. The quantitative estimate of drug-likeness (QED) is 0.519. The lowest BCUT2D eigenvalue weighted by Gasteiger charge is -2.14. The first-order valence-corrected chi connectivity index (χ1v) is 6.28. The fourth-order valence-electron chi connectivity index (χ4n) is 1.50. The highest BCUT2D eigenvalue weighted by molar-refractivity contribution is 5.78. The fourth-order valence-corrected chi connectivity index (χ4v) is 1.50. The van der Waals surface area contributed by atoms with E-state index in [-0.39, 0.29) is 12.0 Å². The molecule has 1 amide bonds. The van der Waals surface area contributed by atoms with Gasteiger partial charge in [0.2, 0.25) is 5.91 Å². The topological polar surface area (TPSA) is 61.4 Å². The summed E-state index contributed by atoms with van der Waals surface area (Å²) in [5, 5.41) is 15.1. The van der Waals surface area contributed by atoms with Crippen LogP contribution in [0.15, 0.2) is 0 Å². The highest BCUT2D eigenvalue weighted by Crippen LogP contribution is 1.95. The summed E-state index contributed by atoms with van der Waals surface area (Å²) in [4.78, 5) is 11.4. The molecule has 3 N–H and O–H groups in total. The molecule has 0 saturated carbocycles. The van der Waals surface area contributed by atoms with E-state index in [1.54, 1.807) is 6.92 Å². The van der Waals surface area contributed by atoms with Crippen LogP contribution in [0.3, 0.4) is 0 Å². The number of rotatable bonds is 9. The summed E-state index contributed by atoms with van der Waals surface area (Å²) >= 11 is 0. The van der Waals surface area contributed by atoms with Crippen molar-refractivity contribution < 1.29 is 9.90 Å². The first-order valence-electron chi connectivity index (χ1n) is 6.28. The monoisotopic (exact) mass is 230 g/mol. The Morgan fingerprint density at radius 1 is 1.31 bits per heavy atom. The Labute approximate surface area is 98.8 Å². The molecule has 0 aliphatic rings. The zero-order chi connectivity index (χ0) is 12.4. The minimum atomic E-state index is -0.250. The van der Waals surface area contributed by atoms with E-state index in [4.69, 9.17) is 5.11 Å². The second-order valence-corrected chi connectivity index (χ2v) is 4.25. The van der Waals surface area contributed by atoms with Crippen molar-refractivity contribution >= 4 is 5.91 Å². The van der Waals surface area contributed by atoms with Gasteiger partial charge in [0.15, 0.2) is 0 Å². The minimum Gasteiger partial charge on any atom is -0.393 e. The molecule has 0 rings (SSSR count). The third-order valence-corrected chi connectivity index (χ3v) is 2.61. The summed E-state index contributed by atoms with van der Waals surface area (Å²) in [5.41, 5.74) is 0. The van der Waals surface area contributed by atoms with Gasteiger partial charge in [-0.15, -0.1) is 0 Å². The number of aliphatic hydroxyl groups is 1.